The van der Waals surface area contributed by atoms with Crippen LogP contribution in [0.2, 0.25) is 0 Å². The van der Waals surface area contributed by atoms with Gasteiger partial charge in [0.2, 0.25) is 0 Å². The summed E-state index contributed by atoms with van der Waals surface area (Å²) in [7, 11) is 0. The number of nitrogens with one attached hydrogen (secondary N) is 1. The average molecular weight is 345 g/mol. The molecule has 0 fully saturated rings. The number of aromatic hydroxyl groups is 1. The van der Waals surface area contributed by atoms with E-state index in [-0.39, 0.29) is 5.75 Å². The number of azo groups is 1. The van der Waals surface area contributed by atoms with E-state index < -0.39 is 5.91 Å². The Hall–Kier alpha value is -3.87. The van der Waals surface area contributed by atoms with Crippen molar-refractivity contribution in [2.45, 2.75) is 0 Å². The van der Waals surface area contributed by atoms with Crippen LogP contribution < -0.4 is 5.43 Å². The van der Waals surface area contributed by atoms with Crippen molar-refractivity contribution in [3.63, 3.8) is 0 Å². The molecule has 0 bridgehead atoms. The molecule has 3 rings (SSSR count). The summed E-state index contributed by atoms with van der Waals surface area (Å²) in [6, 6.07) is 17.3. The van der Waals surface area contributed by atoms with Gasteiger partial charge in [-0.2, -0.15) is 15.3 Å². The van der Waals surface area contributed by atoms with E-state index in [1.165, 1.54) is 18.5 Å². The number of phenolic OH excluding ortho intramolecular Hbond substituents is 1. The van der Waals surface area contributed by atoms with Gasteiger partial charge in [0.05, 0.1) is 23.2 Å². The lowest BCUT2D eigenvalue weighted by atomic mass is 10.2. The highest BCUT2D eigenvalue weighted by molar-refractivity contribution is 5.94. The molecule has 0 aliphatic carbocycles. The van der Waals surface area contributed by atoms with E-state index in [4.69, 9.17) is 0 Å². The highest BCUT2D eigenvalue weighted by atomic mass is 16.3. The number of hydrazone groups is 1. The number of carbonyl (C=O) groups is 1. The van der Waals surface area contributed by atoms with Crippen molar-refractivity contribution in [2.75, 3.05) is 0 Å². The van der Waals surface area contributed by atoms with Crippen molar-refractivity contribution in [1.29, 1.82) is 0 Å². The summed E-state index contributed by atoms with van der Waals surface area (Å²) in [5.74, 6) is -0.378. The molecular weight excluding hydrogens is 330 g/mol. The normalized spacial score (nSPS) is 11.1. The zero-order valence-electron chi connectivity index (χ0n) is 13.6. The van der Waals surface area contributed by atoms with Crippen LogP contribution in [0.1, 0.15) is 15.9 Å². The molecule has 26 heavy (non-hydrogen) atoms. The SMILES string of the molecule is O=C(N/N=C\c1cc(N=Nc2ccccc2)ccc1O)c1cccnc1. The molecule has 0 saturated heterocycles. The quantitative estimate of drug-likeness (QED) is 0.416. The van der Waals surface area contributed by atoms with E-state index in [0.717, 1.165) is 5.69 Å². The molecule has 128 valence electrons. The van der Waals surface area contributed by atoms with Gasteiger partial charge in [-0.3, -0.25) is 9.78 Å². The lowest BCUT2D eigenvalue weighted by molar-refractivity contribution is 0.0954. The summed E-state index contributed by atoms with van der Waals surface area (Å²) in [5.41, 5.74) is 4.44. The second-order valence-electron chi connectivity index (χ2n) is 5.22. The maximum Gasteiger partial charge on any atom is 0.272 e. The summed E-state index contributed by atoms with van der Waals surface area (Å²) in [6.07, 6.45) is 4.35. The van der Waals surface area contributed by atoms with E-state index in [1.54, 1.807) is 30.5 Å². The highest BCUT2D eigenvalue weighted by Crippen LogP contribution is 2.23. The zero-order valence-corrected chi connectivity index (χ0v) is 13.6. The van der Waals surface area contributed by atoms with Crippen LogP contribution in [0.25, 0.3) is 0 Å². The molecule has 0 saturated carbocycles. The van der Waals surface area contributed by atoms with Crippen LogP contribution >= 0.6 is 0 Å². The molecule has 0 aliphatic rings. The van der Waals surface area contributed by atoms with Crippen LogP contribution in [0.3, 0.4) is 0 Å². The second-order valence-corrected chi connectivity index (χ2v) is 5.22. The van der Waals surface area contributed by atoms with Crippen molar-refractivity contribution in [2.24, 2.45) is 15.3 Å². The molecule has 0 radical (unpaired) electrons. The van der Waals surface area contributed by atoms with Crippen molar-refractivity contribution >= 4 is 23.5 Å². The zero-order chi connectivity index (χ0) is 18.2. The first kappa shape index (κ1) is 17.0. The number of pyridine rings is 1. The fourth-order valence-electron chi connectivity index (χ4n) is 2.04. The Morgan fingerprint density at radius 2 is 1.81 bits per heavy atom. The number of rotatable bonds is 5. The Bertz CT molecular complexity index is 941. The maximum absolute atomic E-state index is 11.9. The Balaban J connectivity index is 1.69. The Morgan fingerprint density at radius 3 is 2.58 bits per heavy atom. The first-order valence-electron chi connectivity index (χ1n) is 7.75. The Labute approximate surface area is 149 Å². The van der Waals surface area contributed by atoms with Gasteiger partial charge in [0.1, 0.15) is 5.75 Å². The number of amides is 1. The number of carbonyl (C=O) groups excluding carboxylic acids is 1. The van der Waals surface area contributed by atoms with E-state index in [0.29, 0.717) is 16.8 Å². The number of nitrogens with zero attached hydrogens (tertiary/aromatic N) is 4. The fraction of sp³-hybridized carbons (Fsp3) is 0. The van der Waals surface area contributed by atoms with Gasteiger partial charge >= 0.3 is 0 Å². The molecule has 1 heterocycles. The number of phenols is 1. The van der Waals surface area contributed by atoms with Crippen LogP contribution in [0, 0.1) is 0 Å². The molecule has 0 spiro atoms. The molecule has 1 amide bonds. The smallest absolute Gasteiger partial charge is 0.272 e. The third-order valence-corrected chi connectivity index (χ3v) is 3.34. The topological polar surface area (TPSA) is 99.3 Å². The maximum atomic E-state index is 11.9. The lowest BCUT2D eigenvalue weighted by Crippen LogP contribution is -2.17. The molecule has 0 atom stereocenters. The van der Waals surface area contributed by atoms with Gasteiger partial charge in [-0.05, 0) is 42.5 Å². The van der Waals surface area contributed by atoms with Gasteiger partial charge in [-0.1, -0.05) is 18.2 Å². The summed E-state index contributed by atoms with van der Waals surface area (Å²) >= 11 is 0. The number of aromatic nitrogens is 1. The number of hydrogen-bond donors (Lipinski definition) is 2. The fourth-order valence-corrected chi connectivity index (χ4v) is 2.04. The third-order valence-electron chi connectivity index (χ3n) is 3.34. The van der Waals surface area contributed by atoms with E-state index in [9.17, 15) is 9.90 Å². The van der Waals surface area contributed by atoms with Gasteiger partial charge < -0.3 is 5.11 Å². The summed E-state index contributed by atoms with van der Waals surface area (Å²) in [6.45, 7) is 0. The second kappa shape index (κ2) is 8.29. The predicted molar refractivity (Wildman–Crippen MR) is 98.0 cm³/mol. The van der Waals surface area contributed by atoms with E-state index >= 15 is 0 Å². The average Bonchev–Trinajstić information content (AvgIpc) is 2.69. The van der Waals surface area contributed by atoms with Crippen LogP contribution in [-0.2, 0) is 0 Å². The Kier molecular flexibility index (Phi) is 5.41. The monoisotopic (exact) mass is 345 g/mol. The molecule has 1 aromatic heterocycles. The van der Waals surface area contributed by atoms with Crippen molar-refractivity contribution < 1.29 is 9.90 Å². The minimum atomic E-state index is -0.395. The molecule has 2 aromatic carbocycles. The highest BCUT2D eigenvalue weighted by Gasteiger charge is 2.04. The van der Waals surface area contributed by atoms with E-state index in [1.807, 2.05) is 30.3 Å². The van der Waals surface area contributed by atoms with Crippen LogP contribution in [0.5, 0.6) is 5.75 Å². The molecule has 7 heteroatoms. The first-order chi connectivity index (χ1) is 12.7. The van der Waals surface area contributed by atoms with Gasteiger partial charge in [-0.25, -0.2) is 5.43 Å². The summed E-state index contributed by atoms with van der Waals surface area (Å²) in [4.78, 5) is 15.8. The van der Waals surface area contributed by atoms with Crippen LogP contribution in [0.15, 0.2) is 88.4 Å². The number of hydrogen-bond acceptors (Lipinski definition) is 6. The van der Waals surface area contributed by atoms with Crippen LogP contribution in [-0.4, -0.2) is 22.2 Å². The minimum Gasteiger partial charge on any atom is -0.507 e. The van der Waals surface area contributed by atoms with Crippen LogP contribution in [0.4, 0.5) is 11.4 Å². The molecule has 7 nitrogen and oxygen atoms in total. The van der Waals surface area contributed by atoms with Crippen molar-refractivity contribution in [3.05, 3.63) is 84.2 Å². The van der Waals surface area contributed by atoms with Crippen molar-refractivity contribution in [1.82, 2.24) is 10.4 Å². The summed E-state index contributed by atoms with van der Waals surface area (Å²) < 4.78 is 0. The largest absolute Gasteiger partial charge is 0.507 e. The predicted octanol–water partition coefficient (Wildman–Crippen LogP) is 3.97. The Morgan fingerprint density at radius 1 is 1.00 bits per heavy atom. The third kappa shape index (κ3) is 4.57. The van der Waals surface area contributed by atoms with Gasteiger partial charge in [0, 0.05) is 18.0 Å². The first-order valence-corrected chi connectivity index (χ1v) is 7.75. The molecule has 0 unspecified atom stereocenters. The lowest BCUT2D eigenvalue weighted by Gasteiger charge is -2.01. The van der Waals surface area contributed by atoms with Crippen molar-refractivity contribution in [3.8, 4) is 5.75 Å². The molecule has 3 aromatic rings. The van der Waals surface area contributed by atoms with E-state index in [2.05, 4.69) is 25.7 Å². The summed E-state index contributed by atoms with van der Waals surface area (Å²) in [5, 5.41) is 22.0. The standard InChI is InChI=1S/C19H15N5O2/c25-18-9-8-17(23-22-16-6-2-1-3-7-16)11-15(18)13-21-24-19(26)14-5-4-10-20-12-14/h1-13,25H,(H,24,26)/b21-13-,23-22?. The number of benzene rings is 2. The molecule has 0 aliphatic heterocycles. The molecular formula is C19H15N5O2. The van der Waals surface area contributed by atoms with Gasteiger partial charge in [0.15, 0.2) is 0 Å². The van der Waals surface area contributed by atoms with Gasteiger partial charge in [0.25, 0.3) is 5.91 Å². The van der Waals surface area contributed by atoms with Gasteiger partial charge in [-0.15, -0.1) is 0 Å². The molecule has 2 N–H and O–H groups in total. The minimum absolute atomic E-state index is 0.0167.